The first-order valence-corrected chi connectivity index (χ1v) is 16.5. The maximum Gasteiger partial charge on any atom is 0.251 e. The number of sulfone groups is 1. The van der Waals surface area contributed by atoms with Crippen LogP contribution in [0.2, 0.25) is 0 Å². The van der Waals surface area contributed by atoms with E-state index in [1.165, 1.54) is 5.56 Å². The molecule has 0 atom stereocenters. The summed E-state index contributed by atoms with van der Waals surface area (Å²) < 4.78 is 42.7. The number of anilines is 1. The lowest BCUT2D eigenvalue weighted by Gasteiger charge is -2.31. The van der Waals surface area contributed by atoms with E-state index in [0.29, 0.717) is 42.7 Å². The molecule has 2 aliphatic rings. The first kappa shape index (κ1) is 30.9. The summed E-state index contributed by atoms with van der Waals surface area (Å²) in [7, 11) is -1.41. The minimum absolute atomic E-state index is 0.121. The first-order valence-electron chi connectivity index (χ1n) is 14.9. The van der Waals surface area contributed by atoms with E-state index in [0.717, 1.165) is 49.5 Å². The van der Waals surface area contributed by atoms with E-state index in [1.54, 1.807) is 18.2 Å². The highest BCUT2D eigenvalue weighted by Gasteiger charge is 2.25. The van der Waals surface area contributed by atoms with Crippen molar-refractivity contribution in [3.63, 3.8) is 0 Å². The van der Waals surface area contributed by atoms with Crippen molar-refractivity contribution in [1.29, 1.82) is 0 Å². The SMILES string of the molecule is CCOCCOc1ccc(-c2ccc3c(c2)C=C(C(=O)Nc2ccc(CN(C)C4CCOCC4)cc2)CCS3(=O)=O)cc1. The average Bonchev–Trinajstić information content (AvgIpc) is 3.16. The summed E-state index contributed by atoms with van der Waals surface area (Å²) in [5.74, 6) is 0.317. The number of rotatable bonds is 11. The van der Waals surface area contributed by atoms with Crippen LogP contribution in [0.5, 0.6) is 5.75 Å². The van der Waals surface area contributed by atoms with Crippen molar-refractivity contribution in [3.05, 3.63) is 83.4 Å². The van der Waals surface area contributed by atoms with E-state index in [9.17, 15) is 13.2 Å². The summed E-state index contributed by atoms with van der Waals surface area (Å²) in [6, 6.07) is 21.3. The second kappa shape index (κ2) is 14.3. The normalized spacial score (nSPS) is 16.7. The Balaban J connectivity index is 1.28. The molecule has 1 N–H and O–H groups in total. The first-order chi connectivity index (χ1) is 20.8. The standard InChI is InChI=1S/C34H40N2O6S/c1-3-40-19-20-42-32-11-6-26(7-12-32)27-8-13-33-29(22-27)23-28(16-21-43(33,38)39)34(37)35-30-9-4-25(5-10-30)24-36(2)31-14-17-41-18-15-31/h4-13,22-23,31H,3,14-21,24H2,1-2H3,(H,35,37). The van der Waals surface area contributed by atoms with E-state index >= 15 is 0 Å². The van der Waals surface area contributed by atoms with Gasteiger partial charge in [-0.3, -0.25) is 9.69 Å². The van der Waals surface area contributed by atoms with E-state index in [-0.39, 0.29) is 23.0 Å². The summed E-state index contributed by atoms with van der Waals surface area (Å²) in [5, 5.41) is 2.96. The van der Waals surface area contributed by atoms with Crippen molar-refractivity contribution in [3.8, 4) is 16.9 Å². The van der Waals surface area contributed by atoms with Gasteiger partial charge in [0.15, 0.2) is 9.84 Å². The van der Waals surface area contributed by atoms with E-state index in [4.69, 9.17) is 14.2 Å². The molecule has 0 aromatic heterocycles. The maximum atomic E-state index is 13.3. The Labute approximate surface area is 254 Å². The largest absolute Gasteiger partial charge is 0.491 e. The van der Waals surface area contributed by atoms with Crippen LogP contribution in [0.15, 0.2) is 77.2 Å². The Morgan fingerprint density at radius 3 is 2.42 bits per heavy atom. The molecule has 9 heteroatoms. The van der Waals surface area contributed by atoms with Crippen LogP contribution >= 0.6 is 0 Å². The predicted octanol–water partition coefficient (Wildman–Crippen LogP) is 5.58. The molecule has 228 valence electrons. The Morgan fingerprint density at radius 1 is 0.977 bits per heavy atom. The van der Waals surface area contributed by atoms with Crippen LogP contribution in [0.1, 0.15) is 37.3 Å². The zero-order valence-electron chi connectivity index (χ0n) is 24.9. The van der Waals surface area contributed by atoms with Gasteiger partial charge in [-0.15, -0.1) is 0 Å². The number of nitrogens with zero attached hydrogens (tertiary/aromatic N) is 1. The summed E-state index contributed by atoms with van der Waals surface area (Å²) in [6.45, 7) is 6.03. The van der Waals surface area contributed by atoms with E-state index < -0.39 is 9.84 Å². The van der Waals surface area contributed by atoms with Crippen LogP contribution in [0.4, 0.5) is 5.69 Å². The van der Waals surface area contributed by atoms with Crippen molar-refractivity contribution in [2.45, 2.75) is 43.7 Å². The minimum atomic E-state index is -3.54. The number of nitrogens with one attached hydrogen (secondary N) is 1. The molecule has 8 nitrogen and oxygen atoms in total. The zero-order chi connectivity index (χ0) is 30.2. The Morgan fingerprint density at radius 2 is 1.70 bits per heavy atom. The fraction of sp³-hybridized carbons (Fsp3) is 0.382. The summed E-state index contributed by atoms with van der Waals surface area (Å²) >= 11 is 0. The molecule has 0 aliphatic carbocycles. The molecule has 2 aliphatic heterocycles. The van der Waals surface area contributed by atoms with Crippen LogP contribution in [-0.2, 0) is 30.7 Å². The molecule has 2 heterocycles. The smallest absolute Gasteiger partial charge is 0.251 e. The molecule has 1 fully saturated rings. The highest BCUT2D eigenvalue weighted by atomic mass is 32.2. The van der Waals surface area contributed by atoms with Gasteiger partial charge in [-0.05, 0) is 98.0 Å². The van der Waals surface area contributed by atoms with Crippen LogP contribution < -0.4 is 10.1 Å². The quantitative estimate of drug-likeness (QED) is 0.286. The zero-order valence-corrected chi connectivity index (χ0v) is 25.7. The minimum Gasteiger partial charge on any atom is -0.491 e. The molecule has 3 aromatic rings. The van der Waals surface area contributed by atoms with Gasteiger partial charge < -0.3 is 19.5 Å². The predicted molar refractivity (Wildman–Crippen MR) is 169 cm³/mol. The number of amides is 1. The van der Waals surface area contributed by atoms with Gasteiger partial charge in [-0.1, -0.05) is 30.3 Å². The summed E-state index contributed by atoms with van der Waals surface area (Å²) in [5.41, 5.74) is 4.56. The number of carbonyl (C=O) groups excluding carboxylic acids is 1. The number of ether oxygens (including phenoxy) is 3. The number of hydrogen-bond acceptors (Lipinski definition) is 7. The van der Waals surface area contributed by atoms with Crippen molar-refractivity contribution in [2.75, 3.05) is 51.2 Å². The lowest BCUT2D eigenvalue weighted by atomic mass is 10.0. The number of carbonyl (C=O) groups is 1. The van der Waals surface area contributed by atoms with Crippen molar-refractivity contribution < 1.29 is 27.4 Å². The van der Waals surface area contributed by atoms with Crippen molar-refractivity contribution in [1.82, 2.24) is 4.90 Å². The molecular formula is C34H40N2O6S. The fourth-order valence-electron chi connectivity index (χ4n) is 5.47. The van der Waals surface area contributed by atoms with Crippen LogP contribution in [-0.4, -0.2) is 71.1 Å². The second-order valence-electron chi connectivity index (χ2n) is 11.0. The third-order valence-electron chi connectivity index (χ3n) is 7.95. The fourth-order valence-corrected chi connectivity index (χ4v) is 6.93. The van der Waals surface area contributed by atoms with Gasteiger partial charge in [0, 0.05) is 43.7 Å². The summed E-state index contributed by atoms with van der Waals surface area (Å²) in [6.07, 6.45) is 3.93. The van der Waals surface area contributed by atoms with Gasteiger partial charge in [-0.25, -0.2) is 8.42 Å². The third-order valence-corrected chi connectivity index (χ3v) is 9.74. The molecular weight excluding hydrogens is 564 g/mol. The van der Waals surface area contributed by atoms with Gasteiger partial charge in [0.05, 0.1) is 17.3 Å². The van der Waals surface area contributed by atoms with Gasteiger partial charge in [0.1, 0.15) is 12.4 Å². The van der Waals surface area contributed by atoms with Gasteiger partial charge in [0.25, 0.3) is 5.91 Å². The topological polar surface area (TPSA) is 94.2 Å². The molecule has 0 radical (unpaired) electrons. The van der Waals surface area contributed by atoms with Crippen molar-refractivity contribution >= 4 is 27.5 Å². The molecule has 0 unspecified atom stereocenters. The monoisotopic (exact) mass is 604 g/mol. The maximum absolute atomic E-state index is 13.3. The number of hydrogen-bond donors (Lipinski definition) is 1. The Bertz CT molecular complexity index is 1530. The average molecular weight is 605 g/mol. The molecule has 3 aromatic carbocycles. The molecule has 0 spiro atoms. The molecule has 1 amide bonds. The van der Waals surface area contributed by atoms with E-state index in [1.807, 2.05) is 61.5 Å². The molecule has 0 saturated carbocycles. The number of fused-ring (bicyclic) bond motifs is 1. The third kappa shape index (κ3) is 8.12. The molecule has 1 saturated heterocycles. The van der Waals surface area contributed by atoms with Gasteiger partial charge in [0.2, 0.25) is 0 Å². The van der Waals surface area contributed by atoms with Crippen LogP contribution in [0.25, 0.3) is 17.2 Å². The lowest BCUT2D eigenvalue weighted by Crippen LogP contribution is -2.36. The van der Waals surface area contributed by atoms with Gasteiger partial charge in [-0.2, -0.15) is 0 Å². The number of benzene rings is 3. The highest BCUT2D eigenvalue weighted by Crippen LogP contribution is 2.32. The Kier molecular flexibility index (Phi) is 10.3. The second-order valence-corrected chi connectivity index (χ2v) is 13.0. The van der Waals surface area contributed by atoms with Gasteiger partial charge >= 0.3 is 0 Å². The molecule has 43 heavy (non-hydrogen) atoms. The van der Waals surface area contributed by atoms with Crippen LogP contribution in [0, 0.1) is 0 Å². The Hall–Kier alpha value is -3.50. The highest BCUT2D eigenvalue weighted by molar-refractivity contribution is 7.91. The molecule has 5 rings (SSSR count). The van der Waals surface area contributed by atoms with Crippen molar-refractivity contribution in [2.24, 2.45) is 0 Å². The lowest BCUT2D eigenvalue weighted by molar-refractivity contribution is -0.112. The summed E-state index contributed by atoms with van der Waals surface area (Å²) in [4.78, 5) is 15.9. The van der Waals surface area contributed by atoms with Crippen LogP contribution in [0.3, 0.4) is 0 Å². The molecule has 0 bridgehead atoms. The van der Waals surface area contributed by atoms with E-state index in [2.05, 4.69) is 17.3 Å².